The molecule has 0 unspecified atom stereocenters. The van der Waals surface area contributed by atoms with Gasteiger partial charge in [-0.2, -0.15) is 0 Å². The van der Waals surface area contributed by atoms with Crippen molar-refractivity contribution in [1.29, 1.82) is 0 Å². The van der Waals surface area contributed by atoms with Crippen LogP contribution in [0, 0.1) is 0 Å². The van der Waals surface area contributed by atoms with Gasteiger partial charge in [0.15, 0.2) is 0 Å². The molecule has 0 aliphatic rings. The zero-order valence-electron chi connectivity index (χ0n) is 14.3. The van der Waals surface area contributed by atoms with Crippen LogP contribution in [0.5, 0.6) is 11.5 Å². The van der Waals surface area contributed by atoms with E-state index in [0.29, 0.717) is 22.6 Å². The van der Waals surface area contributed by atoms with Gasteiger partial charge in [0.05, 0.1) is 11.8 Å². The van der Waals surface area contributed by atoms with E-state index >= 15 is 0 Å². The van der Waals surface area contributed by atoms with E-state index in [2.05, 4.69) is 4.98 Å². The minimum atomic E-state index is 0.0304. The molecule has 4 aromatic carbocycles. The number of phenols is 2. The number of rotatable bonds is 2. The Labute approximate surface area is 155 Å². The lowest BCUT2D eigenvalue weighted by Gasteiger charge is -2.16. The standard InChI is InChI=1S/C23H15NO3/c25-19-10-9-14-5-1-3-7-16(14)20(19)21-17-8-4-2-6-15(17)13-18(22(21)26)23-24-11-12-27-23/h1-13,25-26H. The molecular formula is C23H15NO3. The van der Waals surface area contributed by atoms with Crippen molar-refractivity contribution in [1.82, 2.24) is 4.98 Å². The molecule has 0 radical (unpaired) electrons. The molecule has 0 bridgehead atoms. The Bertz CT molecular complexity index is 1290. The van der Waals surface area contributed by atoms with E-state index < -0.39 is 0 Å². The first-order chi connectivity index (χ1) is 13.2. The van der Waals surface area contributed by atoms with E-state index in [1.807, 2.05) is 60.7 Å². The predicted molar refractivity (Wildman–Crippen MR) is 106 cm³/mol. The number of oxazole rings is 1. The molecule has 4 nitrogen and oxygen atoms in total. The summed E-state index contributed by atoms with van der Waals surface area (Å²) in [5.41, 5.74) is 1.65. The van der Waals surface area contributed by atoms with Crippen molar-refractivity contribution in [3.8, 4) is 34.1 Å². The van der Waals surface area contributed by atoms with Crippen molar-refractivity contribution in [2.45, 2.75) is 0 Å². The van der Waals surface area contributed by atoms with E-state index in [-0.39, 0.29) is 11.5 Å². The Morgan fingerprint density at radius 3 is 2.19 bits per heavy atom. The predicted octanol–water partition coefficient (Wildman–Crippen LogP) is 5.73. The monoisotopic (exact) mass is 353 g/mol. The molecule has 0 aliphatic heterocycles. The van der Waals surface area contributed by atoms with Crippen LogP contribution in [0.25, 0.3) is 44.1 Å². The minimum absolute atomic E-state index is 0.0304. The van der Waals surface area contributed by atoms with Crippen LogP contribution < -0.4 is 0 Å². The topological polar surface area (TPSA) is 66.5 Å². The van der Waals surface area contributed by atoms with Crippen molar-refractivity contribution in [3.63, 3.8) is 0 Å². The summed E-state index contributed by atoms with van der Waals surface area (Å²) in [7, 11) is 0. The maximum Gasteiger partial charge on any atom is 0.229 e. The van der Waals surface area contributed by atoms with Gasteiger partial charge in [0.2, 0.25) is 5.89 Å². The molecule has 0 fully saturated rings. The molecule has 2 N–H and O–H groups in total. The quantitative estimate of drug-likeness (QED) is 0.425. The molecule has 1 heterocycles. The number of aromatic hydroxyl groups is 2. The summed E-state index contributed by atoms with van der Waals surface area (Å²) in [5.74, 6) is 0.473. The third kappa shape index (κ3) is 2.34. The molecule has 0 spiro atoms. The second-order valence-electron chi connectivity index (χ2n) is 6.39. The summed E-state index contributed by atoms with van der Waals surface area (Å²) < 4.78 is 5.42. The molecule has 0 saturated carbocycles. The lowest BCUT2D eigenvalue weighted by molar-refractivity contribution is 0.469. The van der Waals surface area contributed by atoms with E-state index in [1.165, 1.54) is 6.26 Å². The Hall–Kier alpha value is -3.79. The molecule has 4 heteroatoms. The fourth-order valence-electron chi connectivity index (χ4n) is 3.63. The molecule has 1 aromatic heterocycles. The normalized spacial score (nSPS) is 11.3. The number of aromatic nitrogens is 1. The molecule has 0 saturated heterocycles. The van der Waals surface area contributed by atoms with E-state index in [0.717, 1.165) is 21.5 Å². The van der Waals surface area contributed by atoms with E-state index in [9.17, 15) is 10.2 Å². The average Bonchev–Trinajstić information content (AvgIpc) is 3.23. The number of benzene rings is 4. The maximum absolute atomic E-state index is 11.2. The fraction of sp³-hybridized carbons (Fsp3) is 0. The molecular weight excluding hydrogens is 338 g/mol. The second kappa shape index (κ2) is 5.88. The molecule has 5 rings (SSSR count). The van der Waals surface area contributed by atoms with Crippen LogP contribution in [0.1, 0.15) is 0 Å². The highest BCUT2D eigenvalue weighted by atomic mass is 16.3. The van der Waals surface area contributed by atoms with Crippen LogP contribution in [0.3, 0.4) is 0 Å². The highest BCUT2D eigenvalue weighted by molar-refractivity contribution is 6.11. The molecule has 0 amide bonds. The van der Waals surface area contributed by atoms with Gasteiger partial charge >= 0.3 is 0 Å². The molecule has 130 valence electrons. The number of fused-ring (bicyclic) bond motifs is 2. The summed E-state index contributed by atoms with van der Waals surface area (Å²) >= 11 is 0. The summed E-state index contributed by atoms with van der Waals surface area (Å²) in [5, 5.41) is 25.5. The average molecular weight is 353 g/mol. The van der Waals surface area contributed by atoms with Crippen molar-refractivity contribution < 1.29 is 14.6 Å². The van der Waals surface area contributed by atoms with Gasteiger partial charge in [0.1, 0.15) is 17.8 Å². The first kappa shape index (κ1) is 15.5. The Morgan fingerprint density at radius 2 is 1.44 bits per heavy atom. The molecule has 0 atom stereocenters. The van der Waals surface area contributed by atoms with Crippen LogP contribution in [0.4, 0.5) is 0 Å². The zero-order valence-corrected chi connectivity index (χ0v) is 14.3. The Kier molecular flexibility index (Phi) is 3.37. The van der Waals surface area contributed by atoms with Gasteiger partial charge < -0.3 is 14.6 Å². The summed E-state index contributed by atoms with van der Waals surface area (Å²) in [6.07, 6.45) is 3.01. The highest BCUT2D eigenvalue weighted by Gasteiger charge is 2.21. The first-order valence-corrected chi connectivity index (χ1v) is 8.59. The van der Waals surface area contributed by atoms with Crippen LogP contribution in [-0.4, -0.2) is 15.2 Å². The molecule has 5 aromatic rings. The smallest absolute Gasteiger partial charge is 0.229 e. The first-order valence-electron chi connectivity index (χ1n) is 8.59. The van der Waals surface area contributed by atoms with Gasteiger partial charge in [-0.25, -0.2) is 4.98 Å². The van der Waals surface area contributed by atoms with Gasteiger partial charge in [0.25, 0.3) is 0 Å². The SMILES string of the molecule is Oc1ccc2ccccc2c1-c1c(O)c(-c2ncco2)cc2ccccc12. The van der Waals surface area contributed by atoms with Crippen molar-refractivity contribution in [3.05, 3.63) is 79.2 Å². The Balaban J connectivity index is 1.97. The fourth-order valence-corrected chi connectivity index (χ4v) is 3.63. The summed E-state index contributed by atoms with van der Waals surface area (Å²) in [6.45, 7) is 0. The van der Waals surface area contributed by atoms with Gasteiger partial charge in [-0.15, -0.1) is 0 Å². The van der Waals surface area contributed by atoms with Crippen molar-refractivity contribution in [2.24, 2.45) is 0 Å². The zero-order chi connectivity index (χ0) is 18.4. The van der Waals surface area contributed by atoms with Crippen LogP contribution >= 0.6 is 0 Å². The Morgan fingerprint density at radius 1 is 0.741 bits per heavy atom. The van der Waals surface area contributed by atoms with Crippen LogP contribution in [0.15, 0.2) is 83.6 Å². The number of nitrogens with zero attached hydrogens (tertiary/aromatic N) is 1. The third-order valence-corrected chi connectivity index (χ3v) is 4.84. The van der Waals surface area contributed by atoms with Gasteiger partial charge in [-0.05, 0) is 33.7 Å². The second-order valence-corrected chi connectivity index (χ2v) is 6.39. The summed E-state index contributed by atoms with van der Waals surface area (Å²) in [4.78, 5) is 4.18. The van der Waals surface area contributed by atoms with E-state index in [1.54, 1.807) is 12.3 Å². The molecule has 27 heavy (non-hydrogen) atoms. The minimum Gasteiger partial charge on any atom is -0.507 e. The lowest BCUT2D eigenvalue weighted by atomic mass is 9.90. The van der Waals surface area contributed by atoms with Crippen LogP contribution in [0.2, 0.25) is 0 Å². The van der Waals surface area contributed by atoms with Gasteiger partial charge in [-0.3, -0.25) is 0 Å². The van der Waals surface area contributed by atoms with Crippen LogP contribution in [-0.2, 0) is 0 Å². The number of hydrogen-bond donors (Lipinski definition) is 2. The number of hydrogen-bond acceptors (Lipinski definition) is 4. The van der Waals surface area contributed by atoms with Gasteiger partial charge in [-0.1, -0.05) is 54.6 Å². The van der Waals surface area contributed by atoms with Gasteiger partial charge in [0, 0.05) is 11.1 Å². The maximum atomic E-state index is 11.2. The number of phenolic OH excluding ortho intramolecular Hbond substituents is 2. The van der Waals surface area contributed by atoms with Crippen molar-refractivity contribution >= 4 is 21.5 Å². The molecule has 0 aliphatic carbocycles. The summed E-state index contributed by atoms with van der Waals surface area (Å²) in [6, 6.07) is 20.9. The van der Waals surface area contributed by atoms with E-state index in [4.69, 9.17) is 4.42 Å². The lowest BCUT2D eigenvalue weighted by Crippen LogP contribution is -1.90. The largest absolute Gasteiger partial charge is 0.507 e. The highest BCUT2D eigenvalue weighted by Crippen LogP contribution is 2.48. The third-order valence-electron chi connectivity index (χ3n) is 4.84. The van der Waals surface area contributed by atoms with Crippen molar-refractivity contribution in [2.75, 3.05) is 0 Å².